The summed E-state index contributed by atoms with van der Waals surface area (Å²) in [5, 5.41) is 16.9. The summed E-state index contributed by atoms with van der Waals surface area (Å²) in [5.74, 6) is -0.461. The second-order valence-corrected chi connectivity index (χ2v) is 6.19. The van der Waals surface area contributed by atoms with E-state index in [2.05, 4.69) is 20.4 Å². The van der Waals surface area contributed by atoms with Gasteiger partial charge in [-0.3, -0.25) is 0 Å². The first-order chi connectivity index (χ1) is 12.1. The molecule has 4 N–H and O–H groups in total. The lowest BCUT2D eigenvalue weighted by Gasteiger charge is -2.01. The Bertz CT molecular complexity index is 1040. The number of nitrogens with zero attached hydrogens (tertiary/aromatic N) is 4. The molecule has 0 aliphatic heterocycles. The van der Waals surface area contributed by atoms with Crippen LogP contribution in [-0.4, -0.2) is 30.8 Å². The lowest BCUT2D eigenvalue weighted by Crippen LogP contribution is -2.01. The van der Waals surface area contributed by atoms with Gasteiger partial charge in [0.05, 0.1) is 15.8 Å². The first-order valence-corrected chi connectivity index (χ1v) is 8.11. The zero-order valence-corrected chi connectivity index (χ0v) is 13.6. The summed E-state index contributed by atoms with van der Waals surface area (Å²) in [6.07, 6.45) is 0. The number of aromatic nitrogens is 4. The van der Waals surface area contributed by atoms with Crippen molar-refractivity contribution in [2.45, 2.75) is 0 Å². The minimum Gasteiger partial charge on any atom is -0.478 e. The molecule has 0 radical (unpaired) electrons. The Kier molecular flexibility index (Phi) is 3.55. The van der Waals surface area contributed by atoms with Gasteiger partial charge in [-0.25, -0.2) is 9.78 Å². The number of aromatic carboxylic acids is 1. The zero-order valence-electron chi connectivity index (χ0n) is 12.7. The van der Waals surface area contributed by atoms with Gasteiger partial charge >= 0.3 is 5.97 Å². The third-order valence-electron chi connectivity index (χ3n) is 3.48. The fourth-order valence-corrected chi connectivity index (χ4v) is 3.22. The Morgan fingerprint density at radius 3 is 2.60 bits per heavy atom. The molecule has 9 heteroatoms. The molecule has 0 aliphatic rings. The second kappa shape index (κ2) is 5.87. The fraction of sp³-hybridized carbons (Fsp3) is 0. The van der Waals surface area contributed by atoms with E-state index in [9.17, 15) is 4.79 Å². The third kappa shape index (κ3) is 2.88. The van der Waals surface area contributed by atoms with Crippen LogP contribution in [0.25, 0.3) is 15.3 Å². The zero-order chi connectivity index (χ0) is 17.4. The van der Waals surface area contributed by atoms with Crippen LogP contribution in [0.15, 0.2) is 48.5 Å². The maximum absolute atomic E-state index is 10.9. The average Bonchev–Trinajstić information content (AvgIpc) is 3.18. The van der Waals surface area contributed by atoms with Gasteiger partial charge in [0.15, 0.2) is 0 Å². The van der Waals surface area contributed by atoms with Gasteiger partial charge in [-0.1, -0.05) is 23.5 Å². The second-order valence-electron chi connectivity index (χ2n) is 5.18. The van der Waals surface area contributed by atoms with Crippen molar-refractivity contribution in [3.63, 3.8) is 0 Å². The van der Waals surface area contributed by atoms with Crippen molar-refractivity contribution in [2.24, 2.45) is 0 Å². The molecule has 0 fully saturated rings. The van der Waals surface area contributed by atoms with E-state index >= 15 is 0 Å². The number of carboxylic acids is 1. The van der Waals surface area contributed by atoms with Crippen molar-refractivity contribution in [1.29, 1.82) is 0 Å². The van der Waals surface area contributed by atoms with Crippen LogP contribution in [0, 0.1) is 0 Å². The van der Waals surface area contributed by atoms with E-state index in [0.29, 0.717) is 16.8 Å². The topological polar surface area (TPSA) is 119 Å². The SMILES string of the molecule is Nc1nc(Nc2ccc(C(=O)O)cc2)nn1-c1nc2ccccc2s1. The summed E-state index contributed by atoms with van der Waals surface area (Å²) in [7, 11) is 0. The highest BCUT2D eigenvalue weighted by atomic mass is 32.1. The van der Waals surface area contributed by atoms with E-state index in [-0.39, 0.29) is 11.5 Å². The van der Waals surface area contributed by atoms with Crippen LogP contribution < -0.4 is 11.1 Å². The number of nitrogens with one attached hydrogen (secondary N) is 1. The Hall–Kier alpha value is -3.46. The Morgan fingerprint density at radius 1 is 1.12 bits per heavy atom. The van der Waals surface area contributed by atoms with Gasteiger partial charge in [0.2, 0.25) is 17.0 Å². The van der Waals surface area contributed by atoms with Crippen LogP contribution in [0.3, 0.4) is 0 Å². The number of anilines is 3. The molecule has 0 unspecified atom stereocenters. The fourth-order valence-electron chi connectivity index (χ4n) is 2.29. The number of benzene rings is 2. The summed E-state index contributed by atoms with van der Waals surface area (Å²) in [6.45, 7) is 0. The number of hydrogen-bond donors (Lipinski definition) is 3. The molecule has 2 aromatic carbocycles. The van der Waals surface area contributed by atoms with E-state index < -0.39 is 5.97 Å². The monoisotopic (exact) mass is 352 g/mol. The molecule has 0 amide bonds. The van der Waals surface area contributed by atoms with Gasteiger partial charge < -0.3 is 16.2 Å². The molecule has 8 nitrogen and oxygen atoms in total. The standard InChI is InChI=1S/C16H12N6O2S/c17-14-20-15(18-10-7-5-9(6-8-10)13(23)24)21-22(14)16-19-11-3-1-2-4-12(11)25-16/h1-8H,(H,23,24)(H3,17,18,20,21). The van der Waals surface area contributed by atoms with Crippen molar-refractivity contribution < 1.29 is 9.90 Å². The molecule has 124 valence electrons. The number of hydrogen-bond acceptors (Lipinski definition) is 7. The Morgan fingerprint density at radius 2 is 1.88 bits per heavy atom. The lowest BCUT2D eigenvalue weighted by molar-refractivity contribution is 0.0697. The Balaban J connectivity index is 1.62. The smallest absolute Gasteiger partial charge is 0.335 e. The van der Waals surface area contributed by atoms with Crippen LogP contribution in [0.5, 0.6) is 0 Å². The van der Waals surface area contributed by atoms with Gasteiger partial charge in [-0.15, -0.1) is 5.10 Å². The van der Waals surface area contributed by atoms with Crippen LogP contribution in [0.1, 0.15) is 10.4 Å². The van der Waals surface area contributed by atoms with E-state index in [1.54, 1.807) is 12.1 Å². The van der Waals surface area contributed by atoms with Crippen molar-refractivity contribution in [3.8, 4) is 5.13 Å². The molecule has 0 atom stereocenters. The number of thiazole rings is 1. The van der Waals surface area contributed by atoms with Crippen molar-refractivity contribution in [2.75, 3.05) is 11.1 Å². The molecule has 0 saturated heterocycles. The van der Waals surface area contributed by atoms with Gasteiger partial charge in [0.1, 0.15) is 0 Å². The molecule has 2 heterocycles. The maximum atomic E-state index is 10.9. The van der Waals surface area contributed by atoms with Crippen molar-refractivity contribution >= 4 is 45.1 Å². The van der Waals surface area contributed by atoms with Gasteiger partial charge in [0, 0.05) is 5.69 Å². The predicted octanol–water partition coefficient (Wildman–Crippen LogP) is 2.90. The molecule has 4 aromatic rings. The molecular formula is C16H12N6O2S. The van der Waals surface area contributed by atoms with Crippen LogP contribution >= 0.6 is 11.3 Å². The van der Waals surface area contributed by atoms with E-state index in [1.807, 2.05) is 24.3 Å². The summed E-state index contributed by atoms with van der Waals surface area (Å²) >= 11 is 1.47. The van der Waals surface area contributed by atoms with Crippen molar-refractivity contribution in [3.05, 3.63) is 54.1 Å². The molecule has 4 rings (SSSR count). The number of nitrogens with two attached hydrogens (primary N) is 1. The summed E-state index contributed by atoms with van der Waals surface area (Å²) in [6, 6.07) is 14.0. The number of nitrogen functional groups attached to an aromatic ring is 1. The Labute approximate surface area is 145 Å². The van der Waals surface area contributed by atoms with Crippen LogP contribution in [0.2, 0.25) is 0 Å². The van der Waals surface area contributed by atoms with E-state index in [1.165, 1.54) is 28.2 Å². The molecule has 0 aliphatic carbocycles. The van der Waals surface area contributed by atoms with Crippen LogP contribution in [0.4, 0.5) is 17.6 Å². The largest absolute Gasteiger partial charge is 0.478 e. The van der Waals surface area contributed by atoms with Crippen LogP contribution in [-0.2, 0) is 0 Å². The number of carboxylic acid groups (broad SMARTS) is 1. The minimum absolute atomic E-state index is 0.207. The first kappa shape index (κ1) is 15.1. The quantitative estimate of drug-likeness (QED) is 0.516. The highest BCUT2D eigenvalue weighted by Gasteiger charge is 2.13. The minimum atomic E-state index is -0.978. The van der Waals surface area contributed by atoms with Gasteiger partial charge in [-0.05, 0) is 36.4 Å². The number of carbonyl (C=O) groups is 1. The molecule has 25 heavy (non-hydrogen) atoms. The summed E-state index contributed by atoms with van der Waals surface area (Å²) < 4.78 is 2.50. The predicted molar refractivity (Wildman–Crippen MR) is 95.6 cm³/mol. The van der Waals surface area contributed by atoms with Gasteiger partial charge in [-0.2, -0.15) is 9.67 Å². The number of para-hydroxylation sites is 1. The average molecular weight is 352 g/mol. The highest BCUT2D eigenvalue weighted by molar-refractivity contribution is 7.20. The van der Waals surface area contributed by atoms with E-state index in [4.69, 9.17) is 10.8 Å². The summed E-state index contributed by atoms with van der Waals surface area (Å²) in [4.78, 5) is 19.6. The maximum Gasteiger partial charge on any atom is 0.335 e. The third-order valence-corrected chi connectivity index (χ3v) is 4.50. The normalized spacial score (nSPS) is 10.9. The lowest BCUT2D eigenvalue weighted by atomic mass is 10.2. The molecule has 0 bridgehead atoms. The molecule has 2 aromatic heterocycles. The number of fused-ring (bicyclic) bond motifs is 1. The summed E-state index contributed by atoms with van der Waals surface area (Å²) in [5.41, 5.74) is 7.69. The molecule has 0 saturated carbocycles. The van der Waals surface area contributed by atoms with Crippen molar-refractivity contribution in [1.82, 2.24) is 19.7 Å². The van der Waals surface area contributed by atoms with Gasteiger partial charge in [0.25, 0.3) is 0 Å². The molecule has 0 spiro atoms. The number of rotatable bonds is 4. The highest BCUT2D eigenvalue weighted by Crippen LogP contribution is 2.26. The first-order valence-electron chi connectivity index (χ1n) is 7.29. The molecular weight excluding hydrogens is 340 g/mol. The van der Waals surface area contributed by atoms with E-state index in [0.717, 1.165) is 10.2 Å².